The minimum absolute atomic E-state index is 0.210. The van der Waals surface area contributed by atoms with E-state index in [9.17, 15) is 4.79 Å². The SMILES string of the molecule is Cc1ccc(CN2C[C@@H]3C(C(=O)NCc4c(C)n[nH]c4C)[C@@H]3C2)cc1. The summed E-state index contributed by atoms with van der Waals surface area (Å²) in [6.45, 7) is 9.74. The number of hydrogen-bond acceptors (Lipinski definition) is 3. The van der Waals surface area contributed by atoms with E-state index in [4.69, 9.17) is 0 Å². The van der Waals surface area contributed by atoms with Crippen LogP contribution in [0.1, 0.15) is 28.1 Å². The molecule has 0 spiro atoms. The number of benzene rings is 1. The van der Waals surface area contributed by atoms with E-state index in [0.717, 1.165) is 36.6 Å². The lowest BCUT2D eigenvalue weighted by Gasteiger charge is -2.19. The zero-order valence-electron chi connectivity index (χ0n) is 15.2. The van der Waals surface area contributed by atoms with E-state index < -0.39 is 0 Å². The summed E-state index contributed by atoms with van der Waals surface area (Å²) in [6, 6.07) is 8.75. The first-order chi connectivity index (χ1) is 12.0. The predicted octanol–water partition coefficient (Wildman–Crippen LogP) is 2.33. The van der Waals surface area contributed by atoms with Crippen molar-refractivity contribution in [2.24, 2.45) is 17.8 Å². The van der Waals surface area contributed by atoms with Crippen LogP contribution in [0, 0.1) is 38.5 Å². The molecule has 2 heterocycles. The number of H-pyrrole nitrogens is 1. The molecule has 1 aliphatic carbocycles. The fraction of sp³-hybridized carbons (Fsp3) is 0.500. The molecule has 5 heteroatoms. The van der Waals surface area contributed by atoms with Crippen molar-refractivity contribution in [1.29, 1.82) is 0 Å². The van der Waals surface area contributed by atoms with Gasteiger partial charge in [-0.05, 0) is 38.2 Å². The third-order valence-corrected chi connectivity index (χ3v) is 5.82. The number of likely N-dealkylation sites (tertiary alicyclic amines) is 1. The average Bonchev–Trinajstić information content (AvgIpc) is 2.92. The van der Waals surface area contributed by atoms with Gasteiger partial charge in [0.1, 0.15) is 0 Å². The summed E-state index contributed by atoms with van der Waals surface area (Å²) >= 11 is 0. The number of nitrogens with zero attached hydrogens (tertiary/aromatic N) is 2. The Morgan fingerprint density at radius 1 is 1.20 bits per heavy atom. The van der Waals surface area contributed by atoms with Gasteiger partial charge in [0.2, 0.25) is 5.91 Å². The number of rotatable bonds is 5. The fourth-order valence-electron chi connectivity index (χ4n) is 4.21. The van der Waals surface area contributed by atoms with E-state index in [1.807, 2.05) is 13.8 Å². The average molecular weight is 338 g/mol. The number of aryl methyl sites for hydroxylation is 3. The molecule has 3 atom stereocenters. The lowest BCUT2D eigenvalue weighted by molar-refractivity contribution is -0.123. The molecule has 1 saturated carbocycles. The highest BCUT2D eigenvalue weighted by Gasteiger charge is 2.59. The zero-order chi connectivity index (χ0) is 17.6. The molecule has 0 bridgehead atoms. The Balaban J connectivity index is 1.26. The second kappa shape index (κ2) is 6.30. The molecule has 2 N–H and O–H groups in total. The van der Waals surface area contributed by atoms with Crippen LogP contribution < -0.4 is 5.32 Å². The van der Waals surface area contributed by atoms with Gasteiger partial charge in [-0.1, -0.05) is 29.8 Å². The molecule has 1 aliphatic heterocycles. The summed E-state index contributed by atoms with van der Waals surface area (Å²) in [5, 5.41) is 10.3. The van der Waals surface area contributed by atoms with Crippen molar-refractivity contribution < 1.29 is 4.79 Å². The first kappa shape index (κ1) is 16.3. The lowest BCUT2D eigenvalue weighted by Crippen LogP contribution is -2.31. The van der Waals surface area contributed by atoms with Crippen LogP contribution in [0.5, 0.6) is 0 Å². The van der Waals surface area contributed by atoms with E-state index in [1.54, 1.807) is 0 Å². The highest BCUT2D eigenvalue weighted by Crippen LogP contribution is 2.52. The molecule has 2 aliphatic rings. The Hall–Kier alpha value is -2.14. The van der Waals surface area contributed by atoms with Crippen molar-refractivity contribution in [3.8, 4) is 0 Å². The third kappa shape index (κ3) is 3.21. The van der Waals surface area contributed by atoms with E-state index in [1.165, 1.54) is 11.1 Å². The van der Waals surface area contributed by atoms with Gasteiger partial charge in [-0.2, -0.15) is 5.10 Å². The van der Waals surface area contributed by atoms with E-state index in [0.29, 0.717) is 18.4 Å². The number of piperidine rings is 1. The summed E-state index contributed by atoms with van der Waals surface area (Å²) in [7, 11) is 0. The maximum absolute atomic E-state index is 12.5. The standard InChI is InChI=1S/C20H26N4O/c1-12-4-6-15(7-5-12)9-24-10-17-18(11-24)19(17)20(25)21-8-16-13(2)22-23-14(16)3/h4-7,17-19H,8-11H2,1-3H3,(H,21,25)(H,22,23)/t17-,18+,19?. The smallest absolute Gasteiger partial charge is 0.224 e. The maximum atomic E-state index is 12.5. The van der Waals surface area contributed by atoms with Crippen molar-refractivity contribution in [3.63, 3.8) is 0 Å². The minimum atomic E-state index is 0.210. The summed E-state index contributed by atoms with van der Waals surface area (Å²) in [5.41, 5.74) is 5.78. The molecule has 1 saturated heterocycles. The zero-order valence-corrected chi connectivity index (χ0v) is 15.2. The maximum Gasteiger partial charge on any atom is 0.224 e. The quantitative estimate of drug-likeness (QED) is 0.880. The van der Waals surface area contributed by atoms with Crippen LogP contribution >= 0.6 is 0 Å². The van der Waals surface area contributed by atoms with E-state index >= 15 is 0 Å². The Morgan fingerprint density at radius 2 is 1.88 bits per heavy atom. The topological polar surface area (TPSA) is 61.0 Å². The highest BCUT2D eigenvalue weighted by molar-refractivity contribution is 5.82. The van der Waals surface area contributed by atoms with Crippen molar-refractivity contribution in [2.75, 3.05) is 13.1 Å². The van der Waals surface area contributed by atoms with Crippen molar-refractivity contribution in [3.05, 3.63) is 52.3 Å². The molecule has 132 valence electrons. The molecule has 1 amide bonds. The molecule has 5 nitrogen and oxygen atoms in total. The fourth-order valence-corrected chi connectivity index (χ4v) is 4.21. The lowest BCUT2D eigenvalue weighted by atomic mass is 10.1. The van der Waals surface area contributed by atoms with Gasteiger partial charge in [0.05, 0.1) is 5.69 Å². The van der Waals surface area contributed by atoms with Crippen LogP contribution in [-0.2, 0) is 17.9 Å². The molecular weight excluding hydrogens is 312 g/mol. The Morgan fingerprint density at radius 3 is 2.48 bits per heavy atom. The normalized spacial score (nSPS) is 25.0. The van der Waals surface area contributed by atoms with Crippen LogP contribution in [0.25, 0.3) is 0 Å². The molecular formula is C20H26N4O. The first-order valence-electron chi connectivity index (χ1n) is 9.09. The minimum Gasteiger partial charge on any atom is -0.352 e. The number of aromatic nitrogens is 2. The van der Waals surface area contributed by atoms with E-state index in [-0.39, 0.29) is 11.8 Å². The van der Waals surface area contributed by atoms with Crippen LogP contribution in [0.3, 0.4) is 0 Å². The highest BCUT2D eigenvalue weighted by atomic mass is 16.2. The van der Waals surface area contributed by atoms with Crippen molar-refractivity contribution in [1.82, 2.24) is 20.4 Å². The van der Waals surface area contributed by atoms with Crippen LogP contribution in [-0.4, -0.2) is 34.1 Å². The molecule has 1 unspecified atom stereocenters. The molecule has 1 aromatic carbocycles. The number of carbonyl (C=O) groups is 1. The summed E-state index contributed by atoms with van der Waals surface area (Å²) in [4.78, 5) is 15.0. The molecule has 25 heavy (non-hydrogen) atoms. The Bertz CT molecular complexity index is 748. The summed E-state index contributed by atoms with van der Waals surface area (Å²) < 4.78 is 0. The second-order valence-corrected chi connectivity index (χ2v) is 7.66. The van der Waals surface area contributed by atoms with Gasteiger partial charge >= 0.3 is 0 Å². The Labute approximate surface area is 148 Å². The molecule has 2 fully saturated rings. The summed E-state index contributed by atoms with van der Waals surface area (Å²) in [6.07, 6.45) is 0. The van der Waals surface area contributed by atoms with Gasteiger partial charge in [-0.25, -0.2) is 0 Å². The van der Waals surface area contributed by atoms with Gasteiger partial charge in [-0.15, -0.1) is 0 Å². The van der Waals surface area contributed by atoms with Crippen LogP contribution in [0.15, 0.2) is 24.3 Å². The summed E-state index contributed by atoms with van der Waals surface area (Å²) in [5.74, 6) is 1.50. The van der Waals surface area contributed by atoms with Crippen molar-refractivity contribution in [2.45, 2.75) is 33.9 Å². The van der Waals surface area contributed by atoms with Gasteiger partial charge in [0, 0.05) is 43.4 Å². The number of carbonyl (C=O) groups excluding carboxylic acids is 1. The first-order valence-corrected chi connectivity index (χ1v) is 9.09. The Kier molecular flexibility index (Phi) is 4.12. The number of amides is 1. The van der Waals surface area contributed by atoms with Gasteiger partial charge in [0.25, 0.3) is 0 Å². The molecule has 2 aromatic rings. The number of hydrogen-bond donors (Lipinski definition) is 2. The monoisotopic (exact) mass is 338 g/mol. The number of aromatic amines is 1. The van der Waals surface area contributed by atoms with Gasteiger partial charge in [-0.3, -0.25) is 14.8 Å². The van der Waals surface area contributed by atoms with Crippen LogP contribution in [0.4, 0.5) is 0 Å². The second-order valence-electron chi connectivity index (χ2n) is 7.66. The van der Waals surface area contributed by atoms with Crippen LogP contribution in [0.2, 0.25) is 0 Å². The van der Waals surface area contributed by atoms with Crippen molar-refractivity contribution >= 4 is 5.91 Å². The largest absolute Gasteiger partial charge is 0.352 e. The number of nitrogens with one attached hydrogen (secondary N) is 2. The molecule has 1 aromatic heterocycles. The van der Waals surface area contributed by atoms with E-state index in [2.05, 4.69) is 51.6 Å². The molecule has 4 rings (SSSR count). The van der Waals surface area contributed by atoms with Gasteiger partial charge < -0.3 is 5.32 Å². The third-order valence-electron chi connectivity index (χ3n) is 5.82. The predicted molar refractivity (Wildman–Crippen MR) is 96.8 cm³/mol. The van der Waals surface area contributed by atoms with Gasteiger partial charge in [0.15, 0.2) is 0 Å². The number of fused-ring (bicyclic) bond motifs is 1. The molecule has 0 radical (unpaired) electrons.